The number of aromatic carboxylic acids is 1. The van der Waals surface area contributed by atoms with Gasteiger partial charge in [-0.05, 0) is 38.5 Å². The monoisotopic (exact) mass is 443 g/mol. The highest BCUT2D eigenvalue weighted by Gasteiger charge is 2.41. The summed E-state index contributed by atoms with van der Waals surface area (Å²) in [5.74, 6) is -2.22. The van der Waals surface area contributed by atoms with Gasteiger partial charge in [0.1, 0.15) is 17.8 Å². The number of benzene rings is 1. The molecule has 1 aromatic rings. The number of halogens is 3. The lowest BCUT2D eigenvalue weighted by Crippen LogP contribution is -2.42. The zero-order valence-corrected chi connectivity index (χ0v) is 17.0. The second-order valence-electron chi connectivity index (χ2n) is 7.39. The van der Waals surface area contributed by atoms with Gasteiger partial charge in [-0.25, -0.2) is 4.79 Å². The number of allylic oxidation sites excluding steroid dienone is 1. The summed E-state index contributed by atoms with van der Waals surface area (Å²) < 4.78 is 39.5. The van der Waals surface area contributed by atoms with Crippen molar-refractivity contribution in [1.82, 2.24) is 5.32 Å². The van der Waals surface area contributed by atoms with Crippen molar-refractivity contribution in [2.75, 3.05) is 19.7 Å². The Kier molecular flexibility index (Phi) is 7.53. The summed E-state index contributed by atoms with van der Waals surface area (Å²) in [5.41, 5.74) is 8.70. The summed E-state index contributed by atoms with van der Waals surface area (Å²) in [5, 5.41) is 21.3. The van der Waals surface area contributed by atoms with Crippen LogP contribution in [0.25, 0.3) is 0 Å². The van der Waals surface area contributed by atoms with Crippen LogP contribution >= 0.6 is 0 Å². The van der Waals surface area contributed by atoms with Crippen LogP contribution in [0.4, 0.5) is 13.2 Å². The van der Waals surface area contributed by atoms with Crippen LogP contribution in [0, 0.1) is 5.92 Å². The van der Waals surface area contributed by atoms with Gasteiger partial charge in [0.05, 0.1) is 25.3 Å². The maximum absolute atomic E-state index is 11.3. The standard InChI is InChI=1S/C18H23N3O3.C2HF3O2/c1-11(2)5-7-20-18(19)21-8-6-13-10-24-15-4-3-12(17(22)23)9-14(15)16(13)21;3-2(4,5)1(6)7/h3-5,9,13,16H,6-8,10H2,1-2H3,(H3,19,20,22,23);(H,6,7)/t13-,16-;/m0./s1. The first-order chi connectivity index (χ1) is 14.4. The summed E-state index contributed by atoms with van der Waals surface area (Å²) in [6.07, 6.45) is -2.13. The predicted octanol–water partition coefficient (Wildman–Crippen LogP) is 1.02. The lowest BCUT2D eigenvalue weighted by atomic mass is 9.90. The predicted molar refractivity (Wildman–Crippen MR) is 103 cm³/mol. The Hall–Kier alpha value is -3.24. The molecule has 4 N–H and O–H groups in total. The number of nitrogens with two attached hydrogens (primary N) is 1. The molecule has 3 rings (SSSR count). The zero-order valence-electron chi connectivity index (χ0n) is 17.0. The molecular weight excluding hydrogens is 419 g/mol. The van der Waals surface area contributed by atoms with E-state index in [1.54, 1.807) is 18.2 Å². The molecule has 0 bridgehead atoms. The molecule has 11 heteroatoms. The highest BCUT2D eigenvalue weighted by Crippen LogP contribution is 2.43. The number of rotatable bonds is 3. The summed E-state index contributed by atoms with van der Waals surface area (Å²) >= 11 is 0. The second kappa shape index (κ2) is 9.71. The molecule has 1 fully saturated rings. The number of aliphatic carboxylic acids is 1. The number of carbonyl (C=O) groups excluding carboxylic acids is 1. The number of nitrogens with zero attached hydrogens (tertiary/aromatic N) is 1. The number of hydrogen-bond donors (Lipinski definition) is 3. The molecule has 0 spiro atoms. The molecule has 2 aliphatic rings. The Balaban J connectivity index is 0.000000423. The number of carboxylic acid groups (broad SMARTS) is 2. The zero-order chi connectivity index (χ0) is 23.3. The van der Waals surface area contributed by atoms with Crippen molar-refractivity contribution in [2.24, 2.45) is 11.7 Å². The van der Waals surface area contributed by atoms with Gasteiger partial charge in [-0.15, -0.1) is 0 Å². The number of alkyl halides is 3. The average molecular weight is 443 g/mol. The van der Waals surface area contributed by atoms with E-state index in [2.05, 4.69) is 16.0 Å². The van der Waals surface area contributed by atoms with E-state index in [1.165, 1.54) is 5.57 Å². The van der Waals surface area contributed by atoms with E-state index in [1.807, 2.05) is 13.8 Å². The normalized spacial score (nSPS) is 20.8. The maximum Gasteiger partial charge on any atom is 0.430 e. The van der Waals surface area contributed by atoms with Gasteiger partial charge in [0.15, 0.2) is 0 Å². The van der Waals surface area contributed by atoms with Crippen molar-refractivity contribution >= 4 is 17.9 Å². The first-order valence-corrected chi connectivity index (χ1v) is 9.46. The molecular formula is C20H24F3N3O5. The van der Waals surface area contributed by atoms with E-state index in [9.17, 15) is 23.1 Å². The van der Waals surface area contributed by atoms with Gasteiger partial charge >= 0.3 is 18.1 Å². The van der Waals surface area contributed by atoms with Crippen molar-refractivity contribution in [3.05, 3.63) is 41.0 Å². The third-order valence-corrected chi connectivity index (χ3v) is 4.89. The molecule has 0 amide bonds. The van der Waals surface area contributed by atoms with E-state index >= 15 is 0 Å². The van der Waals surface area contributed by atoms with Crippen LogP contribution in [-0.4, -0.2) is 53.5 Å². The second-order valence-corrected chi connectivity index (χ2v) is 7.39. The van der Waals surface area contributed by atoms with E-state index < -0.39 is 18.1 Å². The number of carbonyl (C=O) groups is 2. The number of hydrogen-bond acceptors (Lipinski definition) is 4. The van der Waals surface area contributed by atoms with Crippen LogP contribution in [0.2, 0.25) is 0 Å². The minimum atomic E-state index is -5.19. The van der Waals surface area contributed by atoms with Gasteiger partial charge in [0.25, 0.3) is 0 Å². The first kappa shape index (κ1) is 24.0. The molecule has 1 aromatic carbocycles. The third kappa shape index (κ3) is 6.12. The Labute approximate surface area is 176 Å². The molecule has 2 aliphatic heterocycles. The van der Waals surface area contributed by atoms with Crippen LogP contribution in [-0.2, 0) is 4.79 Å². The number of guanidine groups is 1. The van der Waals surface area contributed by atoms with Crippen molar-refractivity contribution in [1.29, 1.82) is 0 Å². The molecule has 8 nitrogen and oxygen atoms in total. The molecule has 2 heterocycles. The van der Waals surface area contributed by atoms with Crippen LogP contribution in [0.15, 0.2) is 29.8 Å². The maximum atomic E-state index is 11.3. The van der Waals surface area contributed by atoms with Crippen molar-refractivity contribution in [3.8, 4) is 5.75 Å². The Morgan fingerprint density at radius 3 is 2.58 bits per heavy atom. The lowest BCUT2D eigenvalue weighted by molar-refractivity contribution is -0.558. The number of carboxylic acids is 2. The molecule has 1 saturated heterocycles. The van der Waals surface area contributed by atoms with Crippen LogP contribution in [0.1, 0.15) is 42.2 Å². The van der Waals surface area contributed by atoms with Gasteiger partial charge in [0.2, 0.25) is 0 Å². The van der Waals surface area contributed by atoms with Gasteiger partial charge in [-0.2, -0.15) is 13.2 Å². The van der Waals surface area contributed by atoms with Crippen LogP contribution in [0.5, 0.6) is 5.75 Å². The summed E-state index contributed by atoms with van der Waals surface area (Å²) in [6.45, 7) is 6.25. The van der Waals surface area contributed by atoms with E-state index in [-0.39, 0.29) is 11.6 Å². The summed E-state index contributed by atoms with van der Waals surface area (Å²) in [7, 11) is 0. The molecule has 0 aliphatic carbocycles. The number of fused-ring (bicyclic) bond motifs is 3. The minimum Gasteiger partial charge on any atom is -0.542 e. The third-order valence-electron chi connectivity index (χ3n) is 4.89. The summed E-state index contributed by atoms with van der Waals surface area (Å²) in [6, 6.07) is 5.11. The Morgan fingerprint density at radius 1 is 1.39 bits per heavy atom. The van der Waals surface area contributed by atoms with E-state index in [4.69, 9.17) is 20.4 Å². The smallest absolute Gasteiger partial charge is 0.430 e. The van der Waals surface area contributed by atoms with Crippen LogP contribution < -0.4 is 20.9 Å². The lowest BCUT2D eigenvalue weighted by Gasteiger charge is -2.28. The van der Waals surface area contributed by atoms with Gasteiger partial charge < -0.3 is 19.7 Å². The molecule has 0 saturated carbocycles. The van der Waals surface area contributed by atoms with Crippen molar-refractivity contribution in [2.45, 2.75) is 32.5 Å². The first-order valence-electron chi connectivity index (χ1n) is 9.46. The Morgan fingerprint density at radius 2 is 2.03 bits per heavy atom. The van der Waals surface area contributed by atoms with Gasteiger partial charge in [-0.1, -0.05) is 11.6 Å². The highest BCUT2D eigenvalue weighted by atomic mass is 19.4. The van der Waals surface area contributed by atoms with Gasteiger partial charge in [0, 0.05) is 11.5 Å². The fourth-order valence-electron chi connectivity index (χ4n) is 3.43. The van der Waals surface area contributed by atoms with E-state index in [0.29, 0.717) is 25.0 Å². The Bertz CT molecular complexity index is 908. The fourth-order valence-corrected chi connectivity index (χ4v) is 3.43. The quantitative estimate of drug-likeness (QED) is 0.362. The van der Waals surface area contributed by atoms with E-state index in [0.717, 1.165) is 24.3 Å². The minimum absolute atomic E-state index is 0.0623. The van der Waals surface area contributed by atoms with Crippen molar-refractivity contribution in [3.63, 3.8) is 0 Å². The number of ether oxygens (including phenoxy) is 1. The molecule has 2 atom stereocenters. The van der Waals surface area contributed by atoms with Crippen LogP contribution in [0.3, 0.4) is 0 Å². The molecule has 170 valence electrons. The van der Waals surface area contributed by atoms with Crippen molar-refractivity contribution < 1.29 is 42.3 Å². The molecule has 31 heavy (non-hydrogen) atoms. The largest absolute Gasteiger partial charge is 0.542 e. The molecule has 0 aromatic heterocycles. The van der Waals surface area contributed by atoms with Gasteiger partial charge in [-0.3, -0.25) is 15.6 Å². The summed E-state index contributed by atoms with van der Waals surface area (Å²) in [4.78, 5) is 20.1. The average Bonchev–Trinajstić information content (AvgIpc) is 3.11. The molecule has 0 radical (unpaired) electrons. The molecule has 0 unspecified atom stereocenters. The fraction of sp³-hybridized carbons (Fsp3) is 0.450. The SMILES string of the molecule is CC(C)=CCNC(N)=[N+]1CC[C@H]2COc3ccc(C(=O)O)cc3[C@H]21.O=C([O-])C(F)(F)F. The highest BCUT2D eigenvalue weighted by molar-refractivity contribution is 5.88. The number of nitrogens with one attached hydrogen (secondary N) is 1. The topological polar surface area (TPSA) is 128 Å².